The molecule has 0 atom stereocenters. The van der Waals surface area contributed by atoms with Crippen molar-refractivity contribution in [3.05, 3.63) is 224 Å². The van der Waals surface area contributed by atoms with Crippen molar-refractivity contribution in [2.75, 3.05) is 4.90 Å². The molecule has 0 aliphatic carbocycles. The minimum Gasteiger partial charge on any atom is -0.455 e. The van der Waals surface area contributed by atoms with E-state index < -0.39 is 0 Å². The molecule has 0 amide bonds. The Morgan fingerprint density at radius 2 is 0.828 bits per heavy atom. The Hall–Kier alpha value is -7.68. The molecule has 0 N–H and O–H groups in total. The summed E-state index contributed by atoms with van der Waals surface area (Å²) in [6, 6.07) is 80.5. The van der Waals surface area contributed by atoms with Crippen molar-refractivity contribution in [2.24, 2.45) is 0 Å². The van der Waals surface area contributed by atoms with Gasteiger partial charge < -0.3 is 9.32 Å². The highest BCUT2D eigenvalue weighted by Crippen LogP contribution is 2.42. The van der Waals surface area contributed by atoms with E-state index in [4.69, 9.17) is 4.42 Å². The standard InChI is InChI=1S/C56H37NO/c1-2-11-38(12-3-1)44-17-8-18-46(36-44)52-21-10-22-54-53-34-33-49(37-55(53)58-56(52)54)57(47-29-25-40(26-30-47)45-24-23-39-13-4-5-15-43(39)35-45)48-31-27-42(28-32-48)51-20-9-16-41-14-6-7-19-50(41)51/h1-37H. The normalized spacial score (nSPS) is 11.4. The van der Waals surface area contributed by atoms with Gasteiger partial charge in [0.1, 0.15) is 11.2 Å². The Morgan fingerprint density at radius 3 is 1.66 bits per heavy atom. The largest absolute Gasteiger partial charge is 0.455 e. The molecule has 0 bridgehead atoms. The fraction of sp³-hybridized carbons (Fsp3) is 0. The quantitative estimate of drug-likeness (QED) is 0.162. The molecule has 0 saturated carbocycles. The van der Waals surface area contributed by atoms with E-state index in [0.717, 1.165) is 50.1 Å². The summed E-state index contributed by atoms with van der Waals surface area (Å²) in [6.45, 7) is 0. The van der Waals surface area contributed by atoms with Crippen LogP contribution in [0.4, 0.5) is 17.1 Å². The topological polar surface area (TPSA) is 16.4 Å². The molecule has 0 aliphatic heterocycles. The second-order valence-corrected chi connectivity index (χ2v) is 14.9. The number of anilines is 3. The molecule has 11 rings (SSSR count). The predicted octanol–water partition coefficient (Wildman–Crippen LogP) is 16.0. The van der Waals surface area contributed by atoms with Gasteiger partial charge in [0.15, 0.2) is 0 Å². The van der Waals surface area contributed by atoms with Crippen LogP contribution >= 0.6 is 0 Å². The lowest BCUT2D eigenvalue weighted by Gasteiger charge is -2.26. The summed E-state index contributed by atoms with van der Waals surface area (Å²) in [7, 11) is 0. The van der Waals surface area contributed by atoms with Gasteiger partial charge in [-0.3, -0.25) is 0 Å². The summed E-state index contributed by atoms with van der Waals surface area (Å²) in [4.78, 5) is 2.33. The zero-order valence-corrected chi connectivity index (χ0v) is 31.7. The lowest BCUT2D eigenvalue weighted by molar-refractivity contribution is 0.670. The zero-order valence-electron chi connectivity index (χ0n) is 31.7. The van der Waals surface area contributed by atoms with E-state index in [-0.39, 0.29) is 0 Å². The number of furan rings is 1. The summed E-state index contributed by atoms with van der Waals surface area (Å²) >= 11 is 0. The Labute approximate surface area is 337 Å². The van der Waals surface area contributed by atoms with Gasteiger partial charge in [0, 0.05) is 39.5 Å². The smallest absolute Gasteiger partial charge is 0.143 e. The van der Waals surface area contributed by atoms with E-state index in [0.29, 0.717) is 0 Å². The van der Waals surface area contributed by atoms with Gasteiger partial charge in [-0.15, -0.1) is 0 Å². The average Bonchev–Trinajstić information content (AvgIpc) is 3.68. The number of benzene rings is 10. The van der Waals surface area contributed by atoms with Crippen LogP contribution in [0.25, 0.3) is 88.0 Å². The summed E-state index contributed by atoms with van der Waals surface area (Å²) in [6.07, 6.45) is 0. The first-order valence-corrected chi connectivity index (χ1v) is 19.8. The molecular weight excluding hydrogens is 703 g/mol. The van der Waals surface area contributed by atoms with Crippen molar-refractivity contribution in [2.45, 2.75) is 0 Å². The molecule has 2 heteroatoms. The highest BCUT2D eigenvalue weighted by molar-refractivity contribution is 6.10. The van der Waals surface area contributed by atoms with Gasteiger partial charge in [-0.2, -0.15) is 0 Å². The van der Waals surface area contributed by atoms with Crippen LogP contribution in [0.5, 0.6) is 0 Å². The fourth-order valence-electron chi connectivity index (χ4n) is 8.54. The Balaban J connectivity index is 1.02. The van der Waals surface area contributed by atoms with Gasteiger partial charge in [0.05, 0.1) is 0 Å². The van der Waals surface area contributed by atoms with Crippen LogP contribution < -0.4 is 4.90 Å². The summed E-state index contributed by atoms with van der Waals surface area (Å²) in [5.74, 6) is 0. The first-order chi connectivity index (χ1) is 28.7. The Kier molecular flexibility index (Phi) is 8.19. The molecule has 1 heterocycles. The molecule has 0 radical (unpaired) electrons. The van der Waals surface area contributed by atoms with Crippen LogP contribution in [0, 0.1) is 0 Å². The maximum atomic E-state index is 6.85. The highest BCUT2D eigenvalue weighted by atomic mass is 16.3. The second-order valence-electron chi connectivity index (χ2n) is 14.9. The molecule has 0 aliphatic rings. The molecule has 10 aromatic carbocycles. The van der Waals surface area contributed by atoms with E-state index in [1.807, 2.05) is 0 Å². The molecule has 0 spiro atoms. The third-order valence-corrected chi connectivity index (χ3v) is 11.5. The van der Waals surface area contributed by atoms with Gasteiger partial charge in [-0.1, -0.05) is 170 Å². The van der Waals surface area contributed by atoms with Gasteiger partial charge >= 0.3 is 0 Å². The molecule has 0 saturated heterocycles. The van der Waals surface area contributed by atoms with E-state index in [1.165, 1.54) is 54.9 Å². The average molecular weight is 740 g/mol. The molecule has 1 aromatic heterocycles. The van der Waals surface area contributed by atoms with Crippen LogP contribution in [0.15, 0.2) is 229 Å². The summed E-state index contributed by atoms with van der Waals surface area (Å²) in [5, 5.41) is 7.18. The number of rotatable bonds is 7. The first kappa shape index (κ1) is 33.6. The lowest BCUT2D eigenvalue weighted by Crippen LogP contribution is -2.09. The molecule has 272 valence electrons. The maximum absolute atomic E-state index is 6.85. The maximum Gasteiger partial charge on any atom is 0.143 e. The van der Waals surface area contributed by atoms with Crippen molar-refractivity contribution in [1.82, 2.24) is 0 Å². The Morgan fingerprint density at radius 1 is 0.276 bits per heavy atom. The van der Waals surface area contributed by atoms with Gasteiger partial charge in [0.25, 0.3) is 0 Å². The summed E-state index contributed by atoms with van der Waals surface area (Å²) in [5.41, 5.74) is 14.3. The van der Waals surface area contributed by atoms with E-state index in [1.54, 1.807) is 0 Å². The highest BCUT2D eigenvalue weighted by Gasteiger charge is 2.18. The van der Waals surface area contributed by atoms with Crippen molar-refractivity contribution in [1.29, 1.82) is 0 Å². The van der Waals surface area contributed by atoms with Crippen LogP contribution in [0.1, 0.15) is 0 Å². The number of hydrogen-bond donors (Lipinski definition) is 0. The molecule has 0 unspecified atom stereocenters. The fourth-order valence-corrected chi connectivity index (χ4v) is 8.54. The predicted molar refractivity (Wildman–Crippen MR) is 245 cm³/mol. The minimum absolute atomic E-state index is 0.851. The molecular formula is C56H37NO. The molecule has 58 heavy (non-hydrogen) atoms. The monoisotopic (exact) mass is 739 g/mol. The zero-order chi connectivity index (χ0) is 38.4. The van der Waals surface area contributed by atoms with Gasteiger partial charge in [0.2, 0.25) is 0 Å². The third kappa shape index (κ3) is 6.00. The number of hydrogen-bond acceptors (Lipinski definition) is 2. The van der Waals surface area contributed by atoms with Crippen LogP contribution in [0.3, 0.4) is 0 Å². The molecule has 2 nitrogen and oxygen atoms in total. The Bertz CT molecular complexity index is 3260. The van der Waals surface area contributed by atoms with E-state index in [2.05, 4.69) is 229 Å². The molecule has 11 aromatic rings. The summed E-state index contributed by atoms with van der Waals surface area (Å²) < 4.78 is 6.85. The molecule has 0 fully saturated rings. The van der Waals surface area contributed by atoms with Crippen LogP contribution in [-0.4, -0.2) is 0 Å². The number of nitrogens with zero attached hydrogens (tertiary/aromatic N) is 1. The van der Waals surface area contributed by atoms with Crippen molar-refractivity contribution < 1.29 is 4.42 Å². The van der Waals surface area contributed by atoms with Gasteiger partial charge in [-0.05, 0) is 109 Å². The first-order valence-electron chi connectivity index (χ1n) is 19.8. The van der Waals surface area contributed by atoms with E-state index in [9.17, 15) is 0 Å². The third-order valence-electron chi connectivity index (χ3n) is 11.5. The van der Waals surface area contributed by atoms with Gasteiger partial charge in [-0.25, -0.2) is 0 Å². The van der Waals surface area contributed by atoms with Crippen molar-refractivity contribution >= 4 is 60.5 Å². The van der Waals surface area contributed by atoms with Crippen LogP contribution in [-0.2, 0) is 0 Å². The number of fused-ring (bicyclic) bond motifs is 5. The number of para-hydroxylation sites is 1. The van der Waals surface area contributed by atoms with Crippen molar-refractivity contribution in [3.63, 3.8) is 0 Å². The van der Waals surface area contributed by atoms with Crippen LogP contribution in [0.2, 0.25) is 0 Å². The lowest BCUT2D eigenvalue weighted by atomic mass is 9.97. The minimum atomic E-state index is 0.851. The second kappa shape index (κ2) is 14.1. The van der Waals surface area contributed by atoms with Crippen molar-refractivity contribution in [3.8, 4) is 44.5 Å². The SMILES string of the molecule is c1ccc(-c2cccc(-c3cccc4c3oc3cc(N(c5ccc(-c6ccc7ccccc7c6)cc5)c5ccc(-c6cccc7ccccc67)cc5)ccc34)c2)cc1. The van der Waals surface area contributed by atoms with E-state index >= 15 is 0 Å².